The number of amides is 1. The third kappa shape index (κ3) is 4.22. The Balaban J connectivity index is 2.40. The third-order valence-electron chi connectivity index (χ3n) is 1.67. The SMILES string of the molecule is COC(=O)CCC(=O)Nc1cnc(Cl)cn1. The second-order valence-corrected chi connectivity index (χ2v) is 3.24. The highest BCUT2D eigenvalue weighted by atomic mass is 35.5. The first-order valence-electron chi connectivity index (χ1n) is 4.46. The Morgan fingerprint density at radius 3 is 2.69 bits per heavy atom. The number of aromatic nitrogens is 2. The molecule has 0 unspecified atom stereocenters. The van der Waals surface area contributed by atoms with Crippen molar-refractivity contribution in [2.75, 3.05) is 12.4 Å². The number of rotatable bonds is 4. The van der Waals surface area contributed by atoms with Gasteiger partial charge in [-0.1, -0.05) is 11.6 Å². The van der Waals surface area contributed by atoms with Crippen LogP contribution >= 0.6 is 11.6 Å². The van der Waals surface area contributed by atoms with Crippen LogP contribution in [0.2, 0.25) is 5.15 Å². The third-order valence-corrected chi connectivity index (χ3v) is 1.87. The van der Waals surface area contributed by atoms with Gasteiger partial charge < -0.3 is 10.1 Å². The van der Waals surface area contributed by atoms with Gasteiger partial charge in [-0.05, 0) is 0 Å². The van der Waals surface area contributed by atoms with E-state index in [0.29, 0.717) is 5.82 Å². The van der Waals surface area contributed by atoms with Crippen LogP contribution in [0.25, 0.3) is 0 Å². The van der Waals surface area contributed by atoms with Crippen molar-refractivity contribution in [2.45, 2.75) is 12.8 Å². The molecule has 1 aromatic heterocycles. The highest BCUT2D eigenvalue weighted by Gasteiger charge is 2.07. The fourth-order valence-corrected chi connectivity index (χ4v) is 0.997. The van der Waals surface area contributed by atoms with Crippen LogP contribution < -0.4 is 5.32 Å². The van der Waals surface area contributed by atoms with Gasteiger partial charge >= 0.3 is 5.97 Å². The lowest BCUT2D eigenvalue weighted by molar-refractivity contribution is -0.141. The summed E-state index contributed by atoms with van der Waals surface area (Å²) in [5, 5.41) is 2.71. The minimum Gasteiger partial charge on any atom is -0.469 e. The highest BCUT2D eigenvalue weighted by Crippen LogP contribution is 2.06. The van der Waals surface area contributed by atoms with Crippen molar-refractivity contribution in [1.82, 2.24) is 9.97 Å². The number of anilines is 1. The maximum Gasteiger partial charge on any atom is 0.306 e. The van der Waals surface area contributed by atoms with Gasteiger partial charge in [-0.25, -0.2) is 9.97 Å². The van der Waals surface area contributed by atoms with Crippen LogP contribution in [-0.2, 0) is 14.3 Å². The molecule has 0 aliphatic carbocycles. The smallest absolute Gasteiger partial charge is 0.306 e. The second-order valence-electron chi connectivity index (χ2n) is 2.85. The number of carbonyl (C=O) groups is 2. The quantitative estimate of drug-likeness (QED) is 0.799. The molecule has 7 heteroatoms. The molecule has 1 N–H and O–H groups in total. The number of methoxy groups -OCH3 is 1. The van der Waals surface area contributed by atoms with Gasteiger partial charge in [0.15, 0.2) is 5.82 Å². The fraction of sp³-hybridized carbons (Fsp3) is 0.333. The van der Waals surface area contributed by atoms with Crippen LogP contribution in [0.1, 0.15) is 12.8 Å². The van der Waals surface area contributed by atoms with Gasteiger partial charge in [0.25, 0.3) is 0 Å². The summed E-state index contributed by atoms with van der Waals surface area (Å²) in [6, 6.07) is 0. The number of hydrogen-bond acceptors (Lipinski definition) is 5. The lowest BCUT2D eigenvalue weighted by atomic mass is 10.3. The molecule has 1 aromatic rings. The molecule has 0 aliphatic rings. The summed E-state index contributed by atoms with van der Waals surface area (Å²) in [6.45, 7) is 0. The molecular formula is C9H10ClN3O3. The number of nitrogens with zero attached hydrogens (tertiary/aromatic N) is 2. The fourth-order valence-electron chi connectivity index (χ4n) is 0.900. The van der Waals surface area contributed by atoms with Crippen molar-refractivity contribution in [1.29, 1.82) is 0 Å². The normalized spacial score (nSPS) is 9.62. The number of nitrogens with one attached hydrogen (secondary N) is 1. The summed E-state index contributed by atoms with van der Waals surface area (Å²) in [7, 11) is 1.27. The molecule has 0 saturated carbocycles. The van der Waals surface area contributed by atoms with Crippen molar-refractivity contribution in [3.63, 3.8) is 0 Å². The van der Waals surface area contributed by atoms with Gasteiger partial charge in [0.1, 0.15) is 5.15 Å². The van der Waals surface area contributed by atoms with Crippen molar-refractivity contribution >= 4 is 29.3 Å². The molecule has 16 heavy (non-hydrogen) atoms. The summed E-state index contributed by atoms with van der Waals surface area (Å²) in [5.41, 5.74) is 0. The standard InChI is InChI=1S/C9H10ClN3O3/c1-16-9(15)3-2-8(14)13-7-5-11-6(10)4-12-7/h4-5H,2-3H2,1H3,(H,12,13,14). The molecule has 0 fully saturated rings. The topological polar surface area (TPSA) is 81.2 Å². The van der Waals surface area contributed by atoms with Crippen molar-refractivity contribution in [2.24, 2.45) is 0 Å². The molecule has 1 heterocycles. The predicted molar refractivity (Wildman–Crippen MR) is 56.9 cm³/mol. The zero-order valence-electron chi connectivity index (χ0n) is 8.57. The van der Waals surface area contributed by atoms with Crippen molar-refractivity contribution < 1.29 is 14.3 Å². The van der Waals surface area contributed by atoms with E-state index in [0.717, 1.165) is 0 Å². The van der Waals surface area contributed by atoms with Crippen LogP contribution in [0, 0.1) is 0 Å². The maximum atomic E-state index is 11.3. The van der Waals surface area contributed by atoms with E-state index in [1.807, 2.05) is 0 Å². The number of halogens is 1. The highest BCUT2D eigenvalue weighted by molar-refractivity contribution is 6.29. The summed E-state index contributed by atoms with van der Waals surface area (Å²) in [6.07, 6.45) is 2.72. The van der Waals surface area contributed by atoms with Crippen LogP contribution in [0.15, 0.2) is 12.4 Å². The van der Waals surface area contributed by atoms with Gasteiger partial charge in [-0.2, -0.15) is 0 Å². The number of carbonyl (C=O) groups excluding carboxylic acids is 2. The molecule has 1 amide bonds. The Morgan fingerprint density at radius 2 is 2.12 bits per heavy atom. The summed E-state index contributed by atoms with van der Waals surface area (Å²) in [5.74, 6) is -0.473. The Labute approximate surface area is 97.0 Å². The Morgan fingerprint density at radius 1 is 1.38 bits per heavy atom. The van der Waals surface area contributed by atoms with E-state index >= 15 is 0 Å². The van der Waals surface area contributed by atoms with Gasteiger partial charge in [0, 0.05) is 6.42 Å². The minimum absolute atomic E-state index is 0.0311. The number of esters is 1. The van der Waals surface area contributed by atoms with E-state index in [-0.39, 0.29) is 23.9 Å². The first-order valence-corrected chi connectivity index (χ1v) is 4.84. The minimum atomic E-state index is -0.433. The summed E-state index contributed by atoms with van der Waals surface area (Å²) >= 11 is 5.52. The van der Waals surface area contributed by atoms with E-state index in [4.69, 9.17) is 11.6 Å². The molecule has 0 aliphatic heterocycles. The average molecular weight is 244 g/mol. The summed E-state index contributed by atoms with van der Waals surface area (Å²) in [4.78, 5) is 29.6. The largest absolute Gasteiger partial charge is 0.469 e. The Kier molecular flexibility index (Phi) is 4.65. The van der Waals surface area contributed by atoms with Gasteiger partial charge in [0.2, 0.25) is 5.91 Å². The lowest BCUT2D eigenvalue weighted by Gasteiger charge is -2.02. The molecule has 0 radical (unpaired) electrons. The second kappa shape index (κ2) is 6.02. The molecular weight excluding hydrogens is 234 g/mol. The predicted octanol–water partition coefficient (Wildman–Crippen LogP) is 1.02. The monoisotopic (exact) mass is 243 g/mol. The molecule has 1 rings (SSSR count). The van der Waals surface area contributed by atoms with Gasteiger partial charge in [-0.3, -0.25) is 9.59 Å². The zero-order chi connectivity index (χ0) is 12.0. The van der Waals surface area contributed by atoms with Crippen LogP contribution in [-0.4, -0.2) is 29.0 Å². The average Bonchev–Trinajstić information content (AvgIpc) is 2.29. The number of ether oxygens (including phenoxy) is 1. The van der Waals surface area contributed by atoms with E-state index in [1.165, 1.54) is 19.5 Å². The van der Waals surface area contributed by atoms with Crippen molar-refractivity contribution in [3.8, 4) is 0 Å². The van der Waals surface area contributed by atoms with E-state index < -0.39 is 5.97 Å². The Bertz CT molecular complexity index is 380. The molecule has 0 bridgehead atoms. The zero-order valence-corrected chi connectivity index (χ0v) is 9.32. The van der Waals surface area contributed by atoms with Gasteiger partial charge in [0.05, 0.1) is 25.9 Å². The van der Waals surface area contributed by atoms with Crippen LogP contribution in [0.4, 0.5) is 5.82 Å². The molecule has 6 nitrogen and oxygen atoms in total. The summed E-state index contributed by atoms with van der Waals surface area (Å²) < 4.78 is 4.40. The first kappa shape index (κ1) is 12.4. The van der Waals surface area contributed by atoms with Gasteiger partial charge in [-0.15, -0.1) is 0 Å². The Hall–Kier alpha value is -1.69. The molecule has 0 aromatic carbocycles. The van der Waals surface area contributed by atoms with Crippen LogP contribution in [0.3, 0.4) is 0 Å². The van der Waals surface area contributed by atoms with Crippen molar-refractivity contribution in [3.05, 3.63) is 17.5 Å². The first-order chi connectivity index (χ1) is 7.61. The molecule has 0 spiro atoms. The molecule has 0 atom stereocenters. The van der Waals surface area contributed by atoms with E-state index in [9.17, 15) is 9.59 Å². The number of hydrogen-bond donors (Lipinski definition) is 1. The molecule has 0 saturated heterocycles. The van der Waals surface area contributed by atoms with E-state index in [1.54, 1.807) is 0 Å². The van der Waals surface area contributed by atoms with Crippen LogP contribution in [0.5, 0.6) is 0 Å². The lowest BCUT2D eigenvalue weighted by Crippen LogP contribution is -2.14. The van der Waals surface area contributed by atoms with E-state index in [2.05, 4.69) is 20.0 Å². The molecule has 86 valence electrons. The maximum absolute atomic E-state index is 11.3.